The molecule has 1 fully saturated rings. The fourth-order valence-corrected chi connectivity index (χ4v) is 5.07. The number of pyridine rings is 1. The number of carbonyl (C=O) groups excluding carboxylic acids is 1. The average molecular weight is 567 g/mol. The summed E-state index contributed by atoms with van der Waals surface area (Å²) in [5, 5.41) is 13.8. The molecule has 0 radical (unpaired) electrons. The Morgan fingerprint density at radius 2 is 1.73 bits per heavy atom. The third-order valence-electron chi connectivity index (χ3n) is 6.40. The number of halogens is 3. The number of nitro groups is 1. The number of aryl methyl sites for hydroxylation is 1. The molecule has 0 saturated carbocycles. The summed E-state index contributed by atoms with van der Waals surface area (Å²) in [7, 11) is 3.86. The van der Waals surface area contributed by atoms with Crippen LogP contribution in [0, 0.1) is 10.1 Å². The van der Waals surface area contributed by atoms with Crippen LogP contribution < -0.4 is 10.5 Å². The van der Waals surface area contributed by atoms with E-state index in [1.807, 2.05) is 19.0 Å². The highest BCUT2D eigenvalue weighted by atomic mass is 35.5. The second-order valence-electron chi connectivity index (χ2n) is 9.14. The molecule has 0 bridgehead atoms. The van der Waals surface area contributed by atoms with Crippen molar-refractivity contribution >= 4 is 63.0 Å². The predicted molar refractivity (Wildman–Crippen MR) is 148 cm³/mol. The van der Waals surface area contributed by atoms with Crippen LogP contribution in [-0.2, 0) is 6.54 Å². The largest absolute Gasteiger partial charge is 0.362 e. The third kappa shape index (κ3) is 5.70. The Kier molecular flexibility index (Phi) is 8.28. The molecule has 0 atom stereocenters. The average Bonchev–Trinajstić information content (AvgIpc) is 2.86. The molecule has 0 N–H and O–H groups in total. The Bertz CT molecular complexity index is 1420. The molecule has 1 aliphatic rings. The standard InChI is InChI=1S/C25H26Cl3N5O4/c1-29(2)8-3-9-32-21-7-5-17(26)15-18(21)22(23(25(32)35)33(36)37)30-10-12-31(13-11-30)24(34)16-4-6-19(27)20(28)14-16/h4-7,14-15H,3,8-13H2,1-2H3. The van der Waals surface area contributed by atoms with Gasteiger partial charge in [0, 0.05) is 48.7 Å². The van der Waals surface area contributed by atoms with E-state index in [1.165, 1.54) is 10.6 Å². The van der Waals surface area contributed by atoms with E-state index >= 15 is 0 Å². The van der Waals surface area contributed by atoms with Crippen molar-refractivity contribution in [3.63, 3.8) is 0 Å². The fraction of sp³-hybridized carbons (Fsp3) is 0.360. The Morgan fingerprint density at radius 3 is 2.35 bits per heavy atom. The first-order valence-corrected chi connectivity index (χ1v) is 12.9. The molecule has 4 rings (SSSR count). The third-order valence-corrected chi connectivity index (χ3v) is 7.37. The molecule has 9 nitrogen and oxygen atoms in total. The number of aromatic nitrogens is 1. The number of carbonyl (C=O) groups is 1. The number of benzene rings is 2. The monoisotopic (exact) mass is 565 g/mol. The molecule has 2 heterocycles. The topological polar surface area (TPSA) is 91.9 Å². The van der Waals surface area contributed by atoms with E-state index < -0.39 is 16.2 Å². The molecule has 0 unspecified atom stereocenters. The van der Waals surface area contributed by atoms with Gasteiger partial charge in [-0.2, -0.15) is 0 Å². The first kappa shape index (κ1) is 27.2. The maximum Gasteiger partial charge on any atom is 0.357 e. The minimum Gasteiger partial charge on any atom is -0.362 e. The van der Waals surface area contributed by atoms with Crippen LogP contribution in [0.1, 0.15) is 16.8 Å². The van der Waals surface area contributed by atoms with E-state index in [1.54, 1.807) is 40.1 Å². The van der Waals surface area contributed by atoms with Crippen LogP contribution in [0.3, 0.4) is 0 Å². The summed E-state index contributed by atoms with van der Waals surface area (Å²) in [6.07, 6.45) is 0.649. The van der Waals surface area contributed by atoms with Gasteiger partial charge in [0.1, 0.15) is 5.69 Å². The summed E-state index contributed by atoms with van der Waals surface area (Å²) >= 11 is 18.3. The van der Waals surface area contributed by atoms with Gasteiger partial charge in [-0.05, 0) is 63.5 Å². The summed E-state index contributed by atoms with van der Waals surface area (Å²) in [5.41, 5.74) is 0.0965. The second-order valence-corrected chi connectivity index (χ2v) is 10.4. The Hall–Kier alpha value is -2.85. The van der Waals surface area contributed by atoms with E-state index in [0.717, 1.165) is 6.54 Å². The molecule has 1 aromatic heterocycles. The van der Waals surface area contributed by atoms with Crippen molar-refractivity contribution in [2.75, 3.05) is 51.7 Å². The summed E-state index contributed by atoms with van der Waals surface area (Å²) in [4.78, 5) is 43.5. The van der Waals surface area contributed by atoms with E-state index in [-0.39, 0.29) is 16.6 Å². The highest BCUT2D eigenvalue weighted by molar-refractivity contribution is 6.42. The maximum atomic E-state index is 13.4. The Morgan fingerprint density at radius 1 is 1.03 bits per heavy atom. The fourth-order valence-electron chi connectivity index (χ4n) is 4.60. The van der Waals surface area contributed by atoms with Crippen molar-refractivity contribution in [1.29, 1.82) is 0 Å². The van der Waals surface area contributed by atoms with Crippen molar-refractivity contribution in [2.24, 2.45) is 0 Å². The normalized spacial score (nSPS) is 14.0. The van der Waals surface area contributed by atoms with Crippen molar-refractivity contribution in [1.82, 2.24) is 14.4 Å². The summed E-state index contributed by atoms with van der Waals surface area (Å²) < 4.78 is 1.46. The first-order valence-electron chi connectivity index (χ1n) is 11.7. The molecular formula is C25H26Cl3N5O4. The van der Waals surface area contributed by atoms with Crippen LogP contribution in [0.5, 0.6) is 0 Å². The molecule has 1 saturated heterocycles. The molecule has 37 heavy (non-hydrogen) atoms. The van der Waals surface area contributed by atoms with Crippen molar-refractivity contribution in [2.45, 2.75) is 13.0 Å². The van der Waals surface area contributed by atoms with Gasteiger partial charge >= 0.3 is 11.2 Å². The minimum absolute atomic E-state index is 0.211. The van der Waals surface area contributed by atoms with Crippen LogP contribution in [0.25, 0.3) is 10.9 Å². The zero-order chi connectivity index (χ0) is 26.9. The van der Waals surface area contributed by atoms with Gasteiger partial charge in [0.25, 0.3) is 5.91 Å². The first-order chi connectivity index (χ1) is 17.6. The number of hydrogen-bond donors (Lipinski definition) is 0. The van der Waals surface area contributed by atoms with Gasteiger partial charge in [-0.3, -0.25) is 19.7 Å². The summed E-state index contributed by atoms with van der Waals surface area (Å²) in [6.45, 7) is 2.29. The molecule has 1 amide bonds. The zero-order valence-electron chi connectivity index (χ0n) is 20.4. The number of anilines is 1. The van der Waals surface area contributed by atoms with E-state index in [4.69, 9.17) is 34.8 Å². The molecule has 0 aliphatic carbocycles. The van der Waals surface area contributed by atoms with Crippen LogP contribution >= 0.6 is 34.8 Å². The molecule has 3 aromatic rings. The lowest BCUT2D eigenvalue weighted by molar-refractivity contribution is -0.385. The lowest BCUT2D eigenvalue weighted by Crippen LogP contribution is -2.49. The molecular weight excluding hydrogens is 541 g/mol. The highest BCUT2D eigenvalue weighted by Crippen LogP contribution is 2.36. The van der Waals surface area contributed by atoms with Gasteiger partial charge in [-0.15, -0.1) is 0 Å². The lowest BCUT2D eigenvalue weighted by Gasteiger charge is -2.36. The van der Waals surface area contributed by atoms with Crippen molar-refractivity contribution in [3.05, 3.63) is 77.5 Å². The van der Waals surface area contributed by atoms with Gasteiger partial charge in [0.05, 0.1) is 20.5 Å². The van der Waals surface area contributed by atoms with Crippen molar-refractivity contribution < 1.29 is 9.72 Å². The number of nitrogens with zero attached hydrogens (tertiary/aromatic N) is 5. The minimum atomic E-state index is -0.650. The smallest absolute Gasteiger partial charge is 0.357 e. The van der Waals surface area contributed by atoms with Gasteiger partial charge in [-0.1, -0.05) is 34.8 Å². The predicted octanol–water partition coefficient (Wildman–Crippen LogP) is 4.78. The van der Waals surface area contributed by atoms with Crippen LogP contribution in [0.4, 0.5) is 11.4 Å². The lowest BCUT2D eigenvalue weighted by atomic mass is 10.1. The number of piperazine rings is 1. The molecule has 196 valence electrons. The number of amides is 1. The highest BCUT2D eigenvalue weighted by Gasteiger charge is 2.32. The van der Waals surface area contributed by atoms with Crippen molar-refractivity contribution in [3.8, 4) is 0 Å². The van der Waals surface area contributed by atoms with Gasteiger partial charge in [0.15, 0.2) is 0 Å². The van der Waals surface area contributed by atoms with E-state index in [0.29, 0.717) is 65.7 Å². The molecule has 12 heteroatoms. The second kappa shape index (κ2) is 11.3. The van der Waals surface area contributed by atoms with E-state index in [9.17, 15) is 19.7 Å². The Balaban J connectivity index is 1.69. The number of rotatable bonds is 7. The maximum absolute atomic E-state index is 13.4. The summed E-state index contributed by atoms with van der Waals surface area (Å²) in [6, 6.07) is 9.77. The van der Waals surface area contributed by atoms with Crippen LogP contribution in [-0.4, -0.2) is 72.0 Å². The summed E-state index contributed by atoms with van der Waals surface area (Å²) in [5.74, 6) is -0.211. The Labute approximate surface area is 228 Å². The number of hydrogen-bond acceptors (Lipinski definition) is 6. The van der Waals surface area contributed by atoms with E-state index in [2.05, 4.69) is 0 Å². The van der Waals surface area contributed by atoms with Gasteiger partial charge in [-0.25, -0.2) is 0 Å². The number of fused-ring (bicyclic) bond motifs is 1. The molecule has 1 aliphatic heterocycles. The quantitative estimate of drug-likeness (QED) is 0.302. The van der Waals surface area contributed by atoms with Crippen LogP contribution in [0.15, 0.2) is 41.2 Å². The molecule has 0 spiro atoms. The van der Waals surface area contributed by atoms with Gasteiger partial charge < -0.3 is 19.3 Å². The molecule has 2 aromatic carbocycles. The zero-order valence-corrected chi connectivity index (χ0v) is 22.7. The van der Waals surface area contributed by atoms with Crippen LogP contribution in [0.2, 0.25) is 15.1 Å². The SMILES string of the molecule is CN(C)CCCn1c(=O)c([N+](=O)[O-])c(N2CCN(C(=O)c3ccc(Cl)c(Cl)c3)CC2)c2cc(Cl)ccc21. The van der Waals surface area contributed by atoms with Gasteiger partial charge in [0.2, 0.25) is 0 Å².